The van der Waals surface area contributed by atoms with E-state index in [0.29, 0.717) is 31.3 Å². The monoisotopic (exact) mass is 279 g/mol. The maximum atomic E-state index is 12.0. The van der Waals surface area contributed by atoms with Crippen molar-refractivity contribution >= 4 is 11.9 Å². The van der Waals surface area contributed by atoms with Gasteiger partial charge >= 0.3 is 6.03 Å². The van der Waals surface area contributed by atoms with Crippen molar-refractivity contribution in [1.82, 2.24) is 9.80 Å². The summed E-state index contributed by atoms with van der Waals surface area (Å²) in [5, 5.41) is 3.31. The fourth-order valence-corrected chi connectivity index (χ4v) is 3.69. The molecule has 2 fully saturated rings. The number of amides is 3. The molecule has 2 aliphatic rings. The molecule has 1 aliphatic carbocycles. The lowest BCUT2D eigenvalue weighted by atomic mass is 9.81. The minimum atomic E-state index is -0.505. The van der Waals surface area contributed by atoms with Crippen LogP contribution in [0.15, 0.2) is 5.11 Å². The van der Waals surface area contributed by atoms with E-state index >= 15 is 0 Å². The fraction of sp³-hybridized carbons (Fsp3) is 0.846. The highest BCUT2D eigenvalue weighted by Crippen LogP contribution is 2.51. The van der Waals surface area contributed by atoms with Crippen LogP contribution in [-0.4, -0.2) is 48.9 Å². The Kier molecular flexibility index (Phi) is 3.90. The third-order valence-corrected chi connectivity index (χ3v) is 4.80. The molecule has 20 heavy (non-hydrogen) atoms. The zero-order chi connectivity index (χ0) is 14.9. The number of hydrogen-bond acceptors (Lipinski definition) is 2. The minimum absolute atomic E-state index is 0.0304. The van der Waals surface area contributed by atoms with Gasteiger partial charge in [0, 0.05) is 37.5 Å². The summed E-state index contributed by atoms with van der Waals surface area (Å²) in [4.78, 5) is 30.1. The Labute approximate surface area is 118 Å². The first-order chi connectivity index (χ1) is 9.43. The van der Waals surface area contributed by atoms with Crippen molar-refractivity contribution in [2.45, 2.75) is 26.2 Å². The van der Waals surface area contributed by atoms with Gasteiger partial charge in [0.15, 0.2) is 0 Å². The van der Waals surface area contributed by atoms with E-state index in [1.54, 1.807) is 19.0 Å². The van der Waals surface area contributed by atoms with Gasteiger partial charge in [0.25, 0.3) is 0 Å². The number of nitrogens with zero attached hydrogens (tertiary/aromatic N) is 5. The van der Waals surface area contributed by atoms with Gasteiger partial charge in [0.05, 0.1) is 0 Å². The molecular formula is C13H21N5O2. The number of carbonyl (C=O) groups is 2. The van der Waals surface area contributed by atoms with Crippen LogP contribution in [0, 0.1) is 17.3 Å². The van der Waals surface area contributed by atoms with Gasteiger partial charge in [-0.1, -0.05) is 6.92 Å². The number of hydrogen-bond donors (Lipinski definition) is 0. The standard InChI is InChI=1S/C13H21N5O2/c1-4-13(11(19)15-16-14)5-9-7-18(8-10(9)6-13)12(20)17(2)3/h9-10H,4-8H2,1-3H3/t9-,10+,13-. The van der Waals surface area contributed by atoms with Crippen LogP contribution in [-0.2, 0) is 4.79 Å². The average Bonchev–Trinajstić information content (AvgIpc) is 2.93. The van der Waals surface area contributed by atoms with Gasteiger partial charge in [0.1, 0.15) is 0 Å². The Bertz CT molecular complexity index is 455. The summed E-state index contributed by atoms with van der Waals surface area (Å²) >= 11 is 0. The minimum Gasteiger partial charge on any atom is -0.331 e. The Morgan fingerprint density at radius 2 is 1.90 bits per heavy atom. The Morgan fingerprint density at radius 1 is 1.35 bits per heavy atom. The second-order valence-electron chi connectivity index (χ2n) is 6.14. The zero-order valence-corrected chi connectivity index (χ0v) is 12.2. The third-order valence-electron chi connectivity index (χ3n) is 4.80. The van der Waals surface area contributed by atoms with E-state index in [1.165, 1.54) is 0 Å². The summed E-state index contributed by atoms with van der Waals surface area (Å²) < 4.78 is 0. The lowest BCUT2D eigenvalue weighted by molar-refractivity contribution is -0.127. The normalized spacial score (nSPS) is 31.6. The molecule has 7 nitrogen and oxygen atoms in total. The average molecular weight is 279 g/mol. The number of carbonyl (C=O) groups excluding carboxylic acids is 2. The first-order valence-corrected chi connectivity index (χ1v) is 6.99. The van der Waals surface area contributed by atoms with E-state index in [-0.39, 0.29) is 11.9 Å². The van der Waals surface area contributed by atoms with Gasteiger partial charge < -0.3 is 9.80 Å². The molecule has 0 aromatic carbocycles. The predicted molar refractivity (Wildman–Crippen MR) is 73.7 cm³/mol. The summed E-state index contributed by atoms with van der Waals surface area (Å²) in [6.45, 7) is 3.37. The van der Waals surface area contributed by atoms with E-state index < -0.39 is 5.41 Å². The van der Waals surface area contributed by atoms with E-state index in [0.717, 1.165) is 12.8 Å². The maximum absolute atomic E-state index is 12.0. The number of likely N-dealkylation sites (tertiary alicyclic amines) is 1. The van der Waals surface area contributed by atoms with Crippen LogP contribution in [0.5, 0.6) is 0 Å². The number of urea groups is 1. The van der Waals surface area contributed by atoms with Gasteiger partial charge in [-0.3, -0.25) is 4.79 Å². The van der Waals surface area contributed by atoms with Crippen LogP contribution in [0.4, 0.5) is 4.79 Å². The molecule has 0 N–H and O–H groups in total. The predicted octanol–water partition coefficient (Wildman–Crippen LogP) is 2.24. The highest BCUT2D eigenvalue weighted by molar-refractivity contribution is 5.84. The number of azide groups is 1. The molecule has 0 unspecified atom stereocenters. The molecular weight excluding hydrogens is 258 g/mol. The van der Waals surface area contributed by atoms with E-state index in [4.69, 9.17) is 5.53 Å². The lowest BCUT2D eigenvalue weighted by Gasteiger charge is -2.28. The summed E-state index contributed by atoms with van der Waals surface area (Å²) in [5.74, 6) is 0.357. The second kappa shape index (κ2) is 5.32. The molecule has 0 bridgehead atoms. The van der Waals surface area contributed by atoms with E-state index in [1.807, 2.05) is 11.8 Å². The maximum Gasteiger partial charge on any atom is 0.319 e. The SMILES string of the molecule is CC[C@]1(C(=O)N=[N+]=[N-])C[C@H]2CN(C(=O)N(C)C)C[C@H]2C1. The van der Waals surface area contributed by atoms with Crippen LogP contribution in [0.2, 0.25) is 0 Å². The first-order valence-electron chi connectivity index (χ1n) is 6.99. The van der Waals surface area contributed by atoms with Gasteiger partial charge in [-0.2, -0.15) is 0 Å². The van der Waals surface area contributed by atoms with Gasteiger partial charge in [-0.25, -0.2) is 4.79 Å². The largest absolute Gasteiger partial charge is 0.331 e. The van der Waals surface area contributed by atoms with Crippen molar-refractivity contribution in [3.63, 3.8) is 0 Å². The van der Waals surface area contributed by atoms with Crippen LogP contribution in [0.1, 0.15) is 26.2 Å². The highest BCUT2D eigenvalue weighted by Gasteiger charge is 2.52. The van der Waals surface area contributed by atoms with Crippen molar-refractivity contribution < 1.29 is 9.59 Å². The van der Waals surface area contributed by atoms with Crippen LogP contribution >= 0.6 is 0 Å². The molecule has 3 atom stereocenters. The molecule has 110 valence electrons. The van der Waals surface area contributed by atoms with E-state index in [9.17, 15) is 9.59 Å². The summed E-state index contributed by atoms with van der Waals surface area (Å²) in [6.07, 6.45) is 2.14. The zero-order valence-electron chi connectivity index (χ0n) is 12.2. The third kappa shape index (κ3) is 2.33. The molecule has 0 radical (unpaired) electrons. The molecule has 7 heteroatoms. The molecule has 1 saturated carbocycles. The first kappa shape index (κ1) is 14.7. The smallest absolute Gasteiger partial charge is 0.319 e. The molecule has 3 amide bonds. The Morgan fingerprint density at radius 3 is 2.30 bits per heavy atom. The fourth-order valence-electron chi connectivity index (χ4n) is 3.69. The second-order valence-corrected chi connectivity index (χ2v) is 6.14. The van der Waals surface area contributed by atoms with E-state index in [2.05, 4.69) is 10.0 Å². The van der Waals surface area contributed by atoms with Crippen LogP contribution < -0.4 is 0 Å². The molecule has 2 rings (SSSR count). The van der Waals surface area contributed by atoms with Crippen LogP contribution in [0.3, 0.4) is 0 Å². The van der Waals surface area contributed by atoms with Crippen molar-refractivity contribution in [2.75, 3.05) is 27.2 Å². The molecule has 1 heterocycles. The molecule has 1 aliphatic heterocycles. The summed E-state index contributed by atoms with van der Waals surface area (Å²) in [5.41, 5.74) is 7.96. The van der Waals surface area contributed by atoms with Gasteiger partial charge in [-0.05, 0) is 41.7 Å². The van der Waals surface area contributed by atoms with Crippen molar-refractivity contribution in [3.8, 4) is 0 Å². The highest BCUT2D eigenvalue weighted by atomic mass is 16.2. The number of fused-ring (bicyclic) bond motifs is 1. The molecule has 0 spiro atoms. The molecule has 0 aromatic rings. The quantitative estimate of drug-likeness (QED) is 0.440. The van der Waals surface area contributed by atoms with Crippen LogP contribution in [0.25, 0.3) is 10.4 Å². The topological polar surface area (TPSA) is 89.4 Å². The number of rotatable bonds is 2. The van der Waals surface area contributed by atoms with Gasteiger partial charge in [-0.15, -0.1) is 0 Å². The van der Waals surface area contributed by atoms with Crippen molar-refractivity contribution in [1.29, 1.82) is 0 Å². The molecule has 1 saturated heterocycles. The van der Waals surface area contributed by atoms with Gasteiger partial charge in [0.2, 0.25) is 5.91 Å². The Balaban J connectivity index is 2.08. The Hall–Kier alpha value is -1.75. The summed E-state index contributed by atoms with van der Waals surface area (Å²) in [6, 6.07) is 0.0304. The summed E-state index contributed by atoms with van der Waals surface area (Å²) in [7, 11) is 3.50. The van der Waals surface area contributed by atoms with Crippen molar-refractivity contribution in [2.24, 2.45) is 22.4 Å². The molecule has 0 aromatic heterocycles. The lowest BCUT2D eigenvalue weighted by Crippen LogP contribution is -2.39. The van der Waals surface area contributed by atoms with Crippen molar-refractivity contribution in [3.05, 3.63) is 10.4 Å².